The van der Waals surface area contributed by atoms with Gasteiger partial charge in [0.1, 0.15) is 18.6 Å². The number of benzene rings is 1. The van der Waals surface area contributed by atoms with E-state index in [2.05, 4.69) is 15.6 Å². The summed E-state index contributed by atoms with van der Waals surface area (Å²) in [4.78, 5) is 29.0. The Morgan fingerprint density at radius 1 is 1.21 bits per heavy atom. The molecule has 1 amide bonds. The summed E-state index contributed by atoms with van der Waals surface area (Å²) >= 11 is 0. The van der Waals surface area contributed by atoms with E-state index in [1.54, 1.807) is 24.4 Å². The van der Waals surface area contributed by atoms with Crippen LogP contribution in [0.5, 0.6) is 0 Å². The third-order valence-corrected chi connectivity index (χ3v) is 4.58. The normalized spacial score (nSPS) is 18.9. The maximum Gasteiger partial charge on any atom is 0.420 e. The van der Waals surface area contributed by atoms with Crippen molar-refractivity contribution in [1.29, 1.82) is 0 Å². The fourth-order valence-electron chi connectivity index (χ4n) is 3.12. The second-order valence-corrected chi connectivity index (χ2v) is 6.62. The van der Waals surface area contributed by atoms with Crippen molar-refractivity contribution < 1.29 is 18.7 Å². The van der Waals surface area contributed by atoms with Gasteiger partial charge in [0.25, 0.3) is 0 Å². The van der Waals surface area contributed by atoms with Crippen LogP contribution in [0.15, 0.2) is 54.7 Å². The number of carbonyl (C=O) groups excluding carboxylic acids is 2. The average Bonchev–Trinajstić information content (AvgIpc) is 3.33. The summed E-state index contributed by atoms with van der Waals surface area (Å²) in [7, 11) is 0. The highest BCUT2D eigenvalue weighted by molar-refractivity contribution is 5.96. The molecule has 0 spiro atoms. The zero-order valence-corrected chi connectivity index (χ0v) is 15.0. The Kier molecular flexibility index (Phi) is 5.03. The van der Waals surface area contributed by atoms with Gasteiger partial charge in [-0.2, -0.15) is 0 Å². The Labute approximate surface area is 160 Å². The average molecular weight is 382 g/mol. The second kappa shape index (κ2) is 7.77. The minimum absolute atomic E-state index is 0.135. The fourth-order valence-corrected chi connectivity index (χ4v) is 3.12. The van der Waals surface area contributed by atoms with Gasteiger partial charge < -0.3 is 15.4 Å². The van der Waals surface area contributed by atoms with E-state index in [4.69, 9.17) is 4.74 Å². The van der Waals surface area contributed by atoms with Crippen LogP contribution in [0.3, 0.4) is 0 Å². The standard InChI is InChI=1S/C20H19FN4O3/c21-15-10-16(22-11-15)19(26)24-17-7-6-14-8-9-25(18(14)23-17)20(27)28-12-13-4-2-1-3-5-13/h1-9,15-16,22H,10-12H2,(H,23,24,26)/t15-,16-/m1/s1. The molecule has 2 atom stereocenters. The van der Waals surface area contributed by atoms with Crippen LogP contribution >= 0.6 is 0 Å². The molecule has 0 saturated carbocycles. The van der Waals surface area contributed by atoms with Crippen molar-refractivity contribution in [3.8, 4) is 0 Å². The van der Waals surface area contributed by atoms with Crippen LogP contribution in [0.4, 0.5) is 15.0 Å². The van der Waals surface area contributed by atoms with Crippen LogP contribution in [0.1, 0.15) is 12.0 Å². The van der Waals surface area contributed by atoms with Crippen molar-refractivity contribution in [3.63, 3.8) is 0 Å². The number of amides is 1. The molecule has 0 bridgehead atoms. The molecule has 3 aromatic rings. The zero-order valence-electron chi connectivity index (χ0n) is 15.0. The smallest absolute Gasteiger partial charge is 0.420 e. The largest absolute Gasteiger partial charge is 0.444 e. The number of ether oxygens (including phenoxy) is 1. The van der Waals surface area contributed by atoms with Crippen LogP contribution in [0.2, 0.25) is 0 Å². The summed E-state index contributed by atoms with van der Waals surface area (Å²) in [6.07, 6.45) is 0.120. The van der Waals surface area contributed by atoms with Crippen LogP contribution < -0.4 is 10.6 Å². The molecule has 2 aromatic heterocycles. The second-order valence-electron chi connectivity index (χ2n) is 6.62. The van der Waals surface area contributed by atoms with Crippen molar-refractivity contribution >= 4 is 28.9 Å². The molecular weight excluding hydrogens is 363 g/mol. The fraction of sp³-hybridized carbons (Fsp3) is 0.250. The Balaban J connectivity index is 1.48. The third-order valence-electron chi connectivity index (χ3n) is 4.58. The van der Waals surface area contributed by atoms with E-state index in [0.29, 0.717) is 5.65 Å². The van der Waals surface area contributed by atoms with Crippen molar-refractivity contribution in [2.24, 2.45) is 0 Å². The predicted molar refractivity (Wildman–Crippen MR) is 102 cm³/mol. The lowest BCUT2D eigenvalue weighted by atomic mass is 10.2. The van der Waals surface area contributed by atoms with Gasteiger partial charge in [0, 0.05) is 24.5 Å². The summed E-state index contributed by atoms with van der Waals surface area (Å²) in [6.45, 7) is 0.314. The number of nitrogens with one attached hydrogen (secondary N) is 2. The number of hydrogen-bond donors (Lipinski definition) is 2. The molecule has 0 aliphatic carbocycles. The number of aromatic nitrogens is 2. The Morgan fingerprint density at radius 3 is 2.79 bits per heavy atom. The number of fused-ring (bicyclic) bond motifs is 1. The maximum absolute atomic E-state index is 13.3. The number of alkyl halides is 1. The summed E-state index contributed by atoms with van der Waals surface area (Å²) in [6, 6.07) is 13.9. The lowest BCUT2D eigenvalue weighted by Crippen LogP contribution is -2.35. The maximum atomic E-state index is 13.3. The zero-order chi connectivity index (χ0) is 19.5. The first-order valence-corrected chi connectivity index (χ1v) is 8.97. The van der Waals surface area contributed by atoms with Crippen molar-refractivity contribution in [2.45, 2.75) is 25.2 Å². The Bertz CT molecular complexity index is 1010. The Hall–Kier alpha value is -3.26. The van der Waals surface area contributed by atoms with Crippen molar-refractivity contribution in [3.05, 3.63) is 60.3 Å². The number of nitrogens with zero attached hydrogens (tertiary/aromatic N) is 2. The molecule has 3 heterocycles. The number of halogens is 1. The lowest BCUT2D eigenvalue weighted by molar-refractivity contribution is -0.117. The summed E-state index contributed by atoms with van der Waals surface area (Å²) < 4.78 is 19.9. The van der Waals surface area contributed by atoms with E-state index >= 15 is 0 Å². The quantitative estimate of drug-likeness (QED) is 0.725. The van der Waals surface area contributed by atoms with Crippen molar-refractivity contribution in [2.75, 3.05) is 11.9 Å². The van der Waals surface area contributed by atoms with E-state index in [9.17, 15) is 14.0 Å². The monoisotopic (exact) mass is 382 g/mol. The molecule has 28 heavy (non-hydrogen) atoms. The third kappa shape index (κ3) is 3.86. The minimum Gasteiger partial charge on any atom is -0.444 e. The van der Waals surface area contributed by atoms with Gasteiger partial charge in [0.05, 0.1) is 6.04 Å². The number of hydrogen-bond acceptors (Lipinski definition) is 5. The molecule has 144 valence electrons. The topological polar surface area (TPSA) is 85.2 Å². The first kappa shape index (κ1) is 18.1. The van der Waals surface area contributed by atoms with Gasteiger partial charge >= 0.3 is 6.09 Å². The van der Waals surface area contributed by atoms with Crippen LogP contribution in [-0.4, -0.2) is 40.3 Å². The molecule has 4 rings (SSSR count). The highest BCUT2D eigenvalue weighted by atomic mass is 19.1. The van der Waals surface area contributed by atoms with Crippen LogP contribution in [0.25, 0.3) is 11.0 Å². The number of pyridine rings is 1. The number of carbonyl (C=O) groups is 2. The molecule has 0 radical (unpaired) electrons. The summed E-state index contributed by atoms with van der Waals surface area (Å²) in [5, 5.41) is 6.23. The SMILES string of the molecule is O=C(Nc1ccc2ccn(C(=O)OCc3ccccc3)c2n1)[C@H]1C[C@@H](F)CN1. The molecule has 7 nitrogen and oxygen atoms in total. The molecule has 1 aliphatic rings. The van der Waals surface area contributed by atoms with Gasteiger partial charge in [-0.1, -0.05) is 30.3 Å². The van der Waals surface area contributed by atoms with Gasteiger partial charge in [-0.05, 0) is 23.8 Å². The summed E-state index contributed by atoms with van der Waals surface area (Å²) in [5.74, 6) is -0.0609. The van der Waals surface area contributed by atoms with Gasteiger partial charge in [-0.3, -0.25) is 4.79 Å². The minimum atomic E-state index is -1.03. The lowest BCUT2D eigenvalue weighted by Gasteiger charge is -2.11. The molecule has 1 aliphatic heterocycles. The number of rotatable bonds is 4. The van der Waals surface area contributed by atoms with E-state index in [0.717, 1.165) is 10.9 Å². The first-order chi connectivity index (χ1) is 13.6. The molecule has 2 N–H and O–H groups in total. The van der Waals surface area contributed by atoms with Crippen LogP contribution in [-0.2, 0) is 16.1 Å². The van der Waals surface area contributed by atoms with E-state index in [1.807, 2.05) is 30.3 Å². The highest BCUT2D eigenvalue weighted by Crippen LogP contribution is 2.18. The van der Waals surface area contributed by atoms with E-state index in [1.165, 1.54) is 4.57 Å². The van der Waals surface area contributed by atoms with Crippen molar-refractivity contribution in [1.82, 2.24) is 14.9 Å². The Morgan fingerprint density at radius 2 is 2.04 bits per heavy atom. The van der Waals surface area contributed by atoms with Gasteiger partial charge in [-0.15, -0.1) is 0 Å². The summed E-state index contributed by atoms with van der Waals surface area (Å²) in [5.41, 5.74) is 1.25. The van der Waals surface area contributed by atoms with Gasteiger partial charge in [0.2, 0.25) is 5.91 Å². The first-order valence-electron chi connectivity index (χ1n) is 8.97. The van der Waals surface area contributed by atoms with E-state index in [-0.39, 0.29) is 31.3 Å². The predicted octanol–water partition coefficient (Wildman–Crippen LogP) is 2.86. The van der Waals surface area contributed by atoms with Gasteiger partial charge in [0.15, 0.2) is 5.65 Å². The molecule has 1 aromatic carbocycles. The van der Waals surface area contributed by atoms with Gasteiger partial charge in [-0.25, -0.2) is 18.7 Å². The molecular formula is C20H19FN4O3. The molecule has 1 saturated heterocycles. The molecule has 0 unspecified atom stereocenters. The van der Waals surface area contributed by atoms with E-state index < -0.39 is 18.3 Å². The van der Waals surface area contributed by atoms with Crippen LogP contribution in [0, 0.1) is 0 Å². The number of anilines is 1. The molecule has 8 heteroatoms. The molecule has 1 fully saturated rings. The highest BCUT2D eigenvalue weighted by Gasteiger charge is 2.29.